The van der Waals surface area contributed by atoms with Crippen molar-refractivity contribution in [3.8, 4) is 0 Å². The van der Waals surface area contributed by atoms with Crippen LogP contribution in [-0.4, -0.2) is 75.9 Å². The molecule has 2 aromatic heterocycles. The van der Waals surface area contributed by atoms with Crippen molar-refractivity contribution >= 4 is 23.1 Å². The molecular formula is C18H24N6O3S. The summed E-state index contributed by atoms with van der Waals surface area (Å²) >= 11 is 1.75. The van der Waals surface area contributed by atoms with Crippen LogP contribution in [0.1, 0.15) is 26.1 Å². The van der Waals surface area contributed by atoms with Gasteiger partial charge in [0, 0.05) is 37.1 Å². The van der Waals surface area contributed by atoms with Crippen molar-refractivity contribution in [2.24, 2.45) is 0 Å². The van der Waals surface area contributed by atoms with Gasteiger partial charge in [-0.25, -0.2) is 15.0 Å². The van der Waals surface area contributed by atoms with E-state index < -0.39 is 6.10 Å². The van der Waals surface area contributed by atoms with Gasteiger partial charge in [0.1, 0.15) is 17.8 Å². The minimum absolute atomic E-state index is 0.168. The number of aliphatic hydroxyl groups is 1. The van der Waals surface area contributed by atoms with Crippen molar-refractivity contribution < 1.29 is 14.6 Å². The molecule has 1 amide bonds. The van der Waals surface area contributed by atoms with Crippen molar-refractivity contribution in [2.75, 3.05) is 38.2 Å². The summed E-state index contributed by atoms with van der Waals surface area (Å²) < 4.78 is 5.11. The Morgan fingerprint density at radius 1 is 1.46 bits per heavy atom. The fraction of sp³-hybridized carbons (Fsp3) is 0.556. The third kappa shape index (κ3) is 4.64. The number of hydrogen-bond donors (Lipinski definition) is 3. The van der Waals surface area contributed by atoms with Crippen LogP contribution in [0.4, 0.5) is 5.82 Å². The summed E-state index contributed by atoms with van der Waals surface area (Å²) in [7, 11) is 0. The van der Waals surface area contributed by atoms with Gasteiger partial charge in [-0.15, -0.1) is 11.3 Å². The number of aliphatic hydroxyl groups excluding tert-OH is 1. The molecule has 0 bridgehead atoms. The molecule has 0 saturated carbocycles. The highest BCUT2D eigenvalue weighted by atomic mass is 32.1. The van der Waals surface area contributed by atoms with Gasteiger partial charge in [-0.2, -0.15) is 0 Å². The van der Waals surface area contributed by atoms with Crippen LogP contribution >= 0.6 is 11.3 Å². The molecule has 4 rings (SSSR count). The number of rotatable bonds is 7. The van der Waals surface area contributed by atoms with Crippen LogP contribution in [0.3, 0.4) is 0 Å². The number of aryl methyl sites for hydroxylation is 1. The monoisotopic (exact) mass is 404 g/mol. The highest BCUT2D eigenvalue weighted by molar-refractivity contribution is 7.11. The molecule has 9 nitrogen and oxygen atoms in total. The molecule has 2 aliphatic heterocycles. The first-order valence-electron chi connectivity index (χ1n) is 9.37. The average Bonchev–Trinajstić information content (AvgIpc) is 3.02. The summed E-state index contributed by atoms with van der Waals surface area (Å²) in [4.78, 5) is 28.6. The number of carbonyl (C=O) groups is 1. The first-order chi connectivity index (χ1) is 13.6. The van der Waals surface area contributed by atoms with E-state index in [1.165, 1.54) is 11.2 Å². The van der Waals surface area contributed by atoms with Gasteiger partial charge in [0.15, 0.2) is 0 Å². The van der Waals surface area contributed by atoms with Crippen LogP contribution in [0.25, 0.3) is 0 Å². The number of nitrogens with one attached hydrogen (secondary N) is 2. The number of β-amino-alcohol motifs (C(OH)–C–C–N with tert-alkyl or cyclic N) is 1. The quantitative estimate of drug-likeness (QED) is 0.600. The molecule has 0 aliphatic carbocycles. The summed E-state index contributed by atoms with van der Waals surface area (Å²) in [6.45, 7) is 5.59. The van der Waals surface area contributed by atoms with Crippen LogP contribution in [-0.2, 0) is 17.7 Å². The summed E-state index contributed by atoms with van der Waals surface area (Å²) in [5.41, 5.74) is 1.38. The Morgan fingerprint density at radius 2 is 2.32 bits per heavy atom. The summed E-state index contributed by atoms with van der Waals surface area (Å²) in [5, 5.41) is 17.4. The second-order valence-corrected chi connectivity index (χ2v) is 8.41. The SMILES string of the molecule is Cc1nc2c(s1)CCN(C[C@@H](O)CNC(=O)c1cc(NC3COC3)ncn1)C2. The number of nitrogens with zero attached hydrogens (tertiary/aromatic N) is 4. The first-order valence-corrected chi connectivity index (χ1v) is 10.2. The number of ether oxygens (including phenoxy) is 1. The van der Waals surface area contributed by atoms with E-state index >= 15 is 0 Å². The number of anilines is 1. The van der Waals surface area contributed by atoms with E-state index in [2.05, 4.69) is 30.5 Å². The molecule has 1 fully saturated rings. The van der Waals surface area contributed by atoms with E-state index in [4.69, 9.17) is 4.74 Å². The van der Waals surface area contributed by atoms with Crippen molar-refractivity contribution in [1.29, 1.82) is 0 Å². The normalized spacial score (nSPS) is 18.2. The van der Waals surface area contributed by atoms with E-state index in [0.717, 1.165) is 30.2 Å². The zero-order valence-electron chi connectivity index (χ0n) is 15.7. The lowest BCUT2D eigenvalue weighted by Crippen LogP contribution is -2.42. The Morgan fingerprint density at radius 3 is 3.11 bits per heavy atom. The van der Waals surface area contributed by atoms with Gasteiger partial charge in [-0.05, 0) is 13.3 Å². The molecule has 0 spiro atoms. The van der Waals surface area contributed by atoms with Crippen LogP contribution < -0.4 is 10.6 Å². The molecule has 0 aromatic carbocycles. The fourth-order valence-electron chi connectivity index (χ4n) is 3.29. The number of aromatic nitrogens is 3. The van der Waals surface area contributed by atoms with Gasteiger partial charge in [0.25, 0.3) is 5.91 Å². The summed E-state index contributed by atoms with van der Waals surface area (Å²) in [6.07, 6.45) is 1.66. The van der Waals surface area contributed by atoms with Gasteiger partial charge in [0.05, 0.1) is 36.1 Å². The maximum atomic E-state index is 12.3. The molecule has 1 atom stereocenters. The predicted octanol–water partition coefficient (Wildman–Crippen LogP) is 0.201. The topological polar surface area (TPSA) is 113 Å². The molecule has 10 heteroatoms. The number of hydrogen-bond acceptors (Lipinski definition) is 9. The molecule has 2 aliphatic rings. The number of fused-ring (bicyclic) bond motifs is 1. The van der Waals surface area contributed by atoms with E-state index in [1.807, 2.05) is 6.92 Å². The van der Waals surface area contributed by atoms with Crippen LogP contribution in [0, 0.1) is 6.92 Å². The molecule has 0 unspecified atom stereocenters. The molecule has 150 valence electrons. The first kappa shape index (κ1) is 19.2. The van der Waals surface area contributed by atoms with E-state index in [1.54, 1.807) is 17.4 Å². The van der Waals surface area contributed by atoms with Gasteiger partial charge in [-0.1, -0.05) is 0 Å². The Labute approximate surface area is 167 Å². The highest BCUT2D eigenvalue weighted by Gasteiger charge is 2.22. The molecule has 0 radical (unpaired) electrons. The summed E-state index contributed by atoms with van der Waals surface area (Å²) in [6, 6.07) is 1.83. The lowest BCUT2D eigenvalue weighted by Gasteiger charge is -2.28. The maximum Gasteiger partial charge on any atom is 0.270 e. The lowest BCUT2D eigenvalue weighted by atomic mass is 10.1. The molecular weight excluding hydrogens is 380 g/mol. The van der Waals surface area contributed by atoms with E-state index in [-0.39, 0.29) is 24.2 Å². The Kier molecular flexibility index (Phi) is 5.81. The molecule has 4 heterocycles. The summed E-state index contributed by atoms with van der Waals surface area (Å²) in [5.74, 6) is 0.266. The van der Waals surface area contributed by atoms with Crippen LogP contribution in [0.2, 0.25) is 0 Å². The third-order valence-corrected chi connectivity index (χ3v) is 5.84. The number of thiazole rings is 1. The van der Waals surface area contributed by atoms with E-state index in [0.29, 0.717) is 25.6 Å². The van der Waals surface area contributed by atoms with Crippen LogP contribution in [0.5, 0.6) is 0 Å². The predicted molar refractivity (Wildman–Crippen MR) is 104 cm³/mol. The molecule has 28 heavy (non-hydrogen) atoms. The maximum absolute atomic E-state index is 12.3. The molecule has 1 saturated heterocycles. The minimum Gasteiger partial charge on any atom is -0.390 e. The van der Waals surface area contributed by atoms with Crippen molar-refractivity contribution in [3.05, 3.63) is 33.7 Å². The largest absolute Gasteiger partial charge is 0.390 e. The van der Waals surface area contributed by atoms with Gasteiger partial charge in [0.2, 0.25) is 0 Å². The van der Waals surface area contributed by atoms with Crippen molar-refractivity contribution in [1.82, 2.24) is 25.2 Å². The zero-order valence-corrected chi connectivity index (χ0v) is 16.5. The molecule has 2 aromatic rings. The zero-order chi connectivity index (χ0) is 19.5. The Bertz CT molecular complexity index is 840. The van der Waals surface area contributed by atoms with E-state index in [9.17, 15) is 9.90 Å². The fourth-order valence-corrected chi connectivity index (χ4v) is 4.22. The number of amides is 1. The van der Waals surface area contributed by atoms with Crippen LogP contribution in [0.15, 0.2) is 12.4 Å². The highest BCUT2D eigenvalue weighted by Crippen LogP contribution is 2.24. The van der Waals surface area contributed by atoms with Gasteiger partial charge >= 0.3 is 0 Å². The smallest absolute Gasteiger partial charge is 0.270 e. The second-order valence-electron chi connectivity index (χ2n) is 7.12. The third-order valence-electron chi connectivity index (χ3n) is 4.77. The van der Waals surface area contributed by atoms with Gasteiger partial charge in [-0.3, -0.25) is 9.69 Å². The number of carbonyl (C=O) groups excluding carboxylic acids is 1. The van der Waals surface area contributed by atoms with Gasteiger partial charge < -0.3 is 20.5 Å². The standard InChI is InChI=1S/C18H24N6O3S/c1-11-22-15-7-24(3-2-16(15)28-11)6-13(25)5-19-18(26)14-4-17(21-10-20-14)23-12-8-27-9-12/h4,10,12-13,25H,2-3,5-9H2,1H3,(H,19,26)(H,20,21,23)/t13-/m0/s1. The Hall–Kier alpha value is -2.14. The second kappa shape index (κ2) is 8.48. The molecule has 3 N–H and O–H groups in total. The average molecular weight is 404 g/mol. The van der Waals surface area contributed by atoms with Crippen molar-refractivity contribution in [3.63, 3.8) is 0 Å². The lowest BCUT2D eigenvalue weighted by molar-refractivity contribution is 0.0209. The minimum atomic E-state index is -0.656. The van der Waals surface area contributed by atoms with Crippen molar-refractivity contribution in [2.45, 2.75) is 32.0 Å². The Balaban J connectivity index is 1.25.